The predicted molar refractivity (Wildman–Crippen MR) is 218 cm³/mol. The minimum absolute atomic E-state index is 0.940. The minimum atomic E-state index is 0.940. The molecular formula is C49H29N3. The van der Waals surface area contributed by atoms with Crippen molar-refractivity contribution < 1.29 is 0 Å². The zero-order chi connectivity index (χ0) is 33.9. The molecule has 52 heavy (non-hydrogen) atoms. The van der Waals surface area contributed by atoms with E-state index in [4.69, 9.17) is 4.98 Å². The highest BCUT2D eigenvalue weighted by Gasteiger charge is 2.24. The maximum atomic E-state index is 5.40. The van der Waals surface area contributed by atoms with Crippen LogP contribution in [-0.2, 0) is 0 Å². The van der Waals surface area contributed by atoms with Gasteiger partial charge in [0.2, 0.25) is 0 Å². The van der Waals surface area contributed by atoms with Gasteiger partial charge in [0, 0.05) is 38.0 Å². The van der Waals surface area contributed by atoms with E-state index >= 15 is 0 Å². The lowest BCUT2D eigenvalue weighted by molar-refractivity contribution is 1.11. The molecule has 0 spiro atoms. The van der Waals surface area contributed by atoms with E-state index in [-0.39, 0.29) is 0 Å². The Morgan fingerprint density at radius 3 is 1.83 bits per heavy atom. The van der Waals surface area contributed by atoms with Crippen LogP contribution >= 0.6 is 0 Å². The van der Waals surface area contributed by atoms with Crippen LogP contribution < -0.4 is 0 Å². The van der Waals surface area contributed by atoms with Gasteiger partial charge in [-0.25, -0.2) is 4.98 Å². The predicted octanol–water partition coefficient (Wildman–Crippen LogP) is 12.9. The maximum absolute atomic E-state index is 5.40. The molecule has 3 nitrogen and oxygen atoms in total. The van der Waals surface area contributed by atoms with Crippen LogP contribution in [-0.4, -0.2) is 14.1 Å². The largest absolute Gasteiger partial charge is 0.309 e. The number of pyridine rings is 1. The van der Waals surface area contributed by atoms with Crippen LogP contribution in [0.5, 0.6) is 0 Å². The van der Waals surface area contributed by atoms with Gasteiger partial charge in [0.15, 0.2) is 0 Å². The third-order valence-electron chi connectivity index (χ3n) is 11.2. The fourth-order valence-corrected chi connectivity index (χ4v) is 8.98. The zero-order valence-electron chi connectivity index (χ0n) is 28.1. The number of nitrogens with zero attached hydrogens (tertiary/aromatic N) is 3. The van der Waals surface area contributed by atoms with Gasteiger partial charge < -0.3 is 4.57 Å². The molecule has 3 aromatic heterocycles. The first-order valence-corrected chi connectivity index (χ1v) is 17.9. The van der Waals surface area contributed by atoms with Gasteiger partial charge in [-0.1, -0.05) is 121 Å². The third kappa shape index (κ3) is 3.72. The monoisotopic (exact) mass is 659 g/mol. The van der Waals surface area contributed by atoms with Gasteiger partial charge >= 0.3 is 0 Å². The van der Waals surface area contributed by atoms with E-state index in [1.807, 2.05) is 0 Å². The van der Waals surface area contributed by atoms with Crippen molar-refractivity contribution in [3.63, 3.8) is 0 Å². The molecule has 0 amide bonds. The summed E-state index contributed by atoms with van der Waals surface area (Å²) in [7, 11) is 0. The first-order valence-electron chi connectivity index (χ1n) is 17.9. The van der Waals surface area contributed by atoms with E-state index in [0.29, 0.717) is 0 Å². The van der Waals surface area contributed by atoms with Crippen LogP contribution in [0.25, 0.3) is 110 Å². The normalized spacial score (nSPS) is 12.2. The number of benzene rings is 8. The molecule has 0 atom stereocenters. The number of hydrogen-bond donors (Lipinski definition) is 0. The molecule has 0 radical (unpaired) electrons. The number of hydrogen-bond acceptors (Lipinski definition) is 1. The molecule has 0 N–H and O–H groups in total. The van der Waals surface area contributed by atoms with Crippen LogP contribution in [0.15, 0.2) is 176 Å². The van der Waals surface area contributed by atoms with E-state index in [0.717, 1.165) is 16.9 Å². The van der Waals surface area contributed by atoms with Gasteiger partial charge in [-0.15, -0.1) is 0 Å². The summed E-state index contributed by atoms with van der Waals surface area (Å²) in [4.78, 5) is 5.40. The average molecular weight is 660 g/mol. The van der Waals surface area contributed by atoms with Crippen LogP contribution in [0.2, 0.25) is 0 Å². The Morgan fingerprint density at radius 2 is 1.00 bits per heavy atom. The number of rotatable bonds is 3. The molecule has 0 fully saturated rings. The summed E-state index contributed by atoms with van der Waals surface area (Å²) < 4.78 is 4.77. The summed E-state index contributed by atoms with van der Waals surface area (Å²) in [5, 5.41) is 8.64. The molecule has 0 unspecified atom stereocenters. The van der Waals surface area contributed by atoms with Crippen molar-refractivity contribution >= 4 is 65.3 Å². The molecule has 3 heterocycles. The molecule has 0 aliphatic heterocycles. The van der Waals surface area contributed by atoms with Gasteiger partial charge in [-0.05, 0) is 93.4 Å². The topological polar surface area (TPSA) is 22.8 Å². The molecule has 240 valence electrons. The second-order valence-corrected chi connectivity index (χ2v) is 13.9. The quantitative estimate of drug-likeness (QED) is 0.185. The molecule has 1 aliphatic carbocycles. The SMILES string of the molecule is c1ccc(-n2c3ccccc3c3cc(-c4ccc5c(c4)c4ccc6ccccc6c4n5-c4cc5c6c(cccc6n4)-c4ccccc4-5)ccc32)cc1. The molecular weight excluding hydrogens is 631 g/mol. The van der Waals surface area contributed by atoms with Crippen molar-refractivity contribution in [2.45, 2.75) is 0 Å². The molecule has 8 aromatic carbocycles. The van der Waals surface area contributed by atoms with Crippen molar-refractivity contribution in [2.24, 2.45) is 0 Å². The fraction of sp³-hybridized carbons (Fsp3) is 0. The Kier molecular flexibility index (Phi) is 5.50. The van der Waals surface area contributed by atoms with Gasteiger partial charge in [0.25, 0.3) is 0 Å². The number of para-hydroxylation sites is 2. The summed E-state index contributed by atoms with van der Waals surface area (Å²) in [5.41, 5.74) is 14.4. The molecule has 12 rings (SSSR count). The average Bonchev–Trinajstić information content (AvgIpc) is 3.84. The summed E-state index contributed by atoms with van der Waals surface area (Å²) in [5.74, 6) is 0.940. The molecule has 3 heteroatoms. The smallest absolute Gasteiger partial charge is 0.138 e. The Bertz CT molecular complexity index is 3290. The lowest BCUT2D eigenvalue weighted by Crippen LogP contribution is -1.99. The number of fused-ring (bicyclic) bond motifs is 11. The Labute approximate surface area is 299 Å². The third-order valence-corrected chi connectivity index (χ3v) is 11.2. The first-order chi connectivity index (χ1) is 25.8. The summed E-state index contributed by atoms with van der Waals surface area (Å²) >= 11 is 0. The van der Waals surface area contributed by atoms with E-state index in [2.05, 4.69) is 185 Å². The van der Waals surface area contributed by atoms with E-state index < -0.39 is 0 Å². The van der Waals surface area contributed by atoms with Crippen molar-refractivity contribution in [2.75, 3.05) is 0 Å². The highest BCUT2D eigenvalue weighted by atomic mass is 15.1. The lowest BCUT2D eigenvalue weighted by Gasteiger charge is -2.12. The van der Waals surface area contributed by atoms with Crippen molar-refractivity contribution in [3.05, 3.63) is 176 Å². The maximum Gasteiger partial charge on any atom is 0.138 e. The molecule has 0 bridgehead atoms. The van der Waals surface area contributed by atoms with Crippen LogP contribution in [0.3, 0.4) is 0 Å². The number of aromatic nitrogens is 3. The van der Waals surface area contributed by atoms with Gasteiger partial charge in [0.05, 0.1) is 27.6 Å². The zero-order valence-corrected chi connectivity index (χ0v) is 28.1. The Hall–Kier alpha value is -6.97. The van der Waals surface area contributed by atoms with Crippen LogP contribution in [0.4, 0.5) is 0 Å². The summed E-state index contributed by atoms with van der Waals surface area (Å²) in [6.07, 6.45) is 0. The minimum Gasteiger partial charge on any atom is -0.309 e. The highest BCUT2D eigenvalue weighted by molar-refractivity contribution is 6.20. The Balaban J connectivity index is 1.12. The standard InChI is InChI=1S/C49H29N3/c1-2-12-33(13-3-1)51-44-20-9-8-17-37(44)40-27-31(22-25-45(40)51)32-23-26-46-41(28-32)39-24-21-30-11-4-5-14-34(30)49(39)52(46)47-29-42-36-16-7-6-15-35(36)38-18-10-19-43(50-47)48(38)42/h1-29H. The van der Waals surface area contributed by atoms with E-state index in [1.165, 1.54) is 93.3 Å². The van der Waals surface area contributed by atoms with Crippen molar-refractivity contribution in [3.8, 4) is 44.9 Å². The summed E-state index contributed by atoms with van der Waals surface area (Å²) in [6.45, 7) is 0. The van der Waals surface area contributed by atoms with Gasteiger partial charge in [-0.3, -0.25) is 4.57 Å². The molecule has 11 aromatic rings. The first kappa shape index (κ1) is 27.8. The van der Waals surface area contributed by atoms with Crippen molar-refractivity contribution in [1.82, 2.24) is 14.1 Å². The second-order valence-electron chi connectivity index (χ2n) is 13.9. The fourth-order valence-electron chi connectivity index (χ4n) is 8.98. The van der Waals surface area contributed by atoms with Crippen LogP contribution in [0, 0.1) is 0 Å². The van der Waals surface area contributed by atoms with Gasteiger partial charge in [0.1, 0.15) is 5.82 Å². The van der Waals surface area contributed by atoms with E-state index in [1.54, 1.807) is 0 Å². The second kappa shape index (κ2) is 10.3. The Morgan fingerprint density at radius 1 is 0.365 bits per heavy atom. The van der Waals surface area contributed by atoms with Gasteiger partial charge in [-0.2, -0.15) is 0 Å². The highest BCUT2D eigenvalue weighted by Crippen LogP contribution is 2.48. The van der Waals surface area contributed by atoms with Crippen LogP contribution in [0.1, 0.15) is 0 Å². The molecule has 1 aliphatic rings. The lowest BCUT2D eigenvalue weighted by atomic mass is 10.00. The summed E-state index contributed by atoms with van der Waals surface area (Å²) in [6, 6.07) is 64.2. The molecule has 0 saturated carbocycles. The van der Waals surface area contributed by atoms with Crippen molar-refractivity contribution in [1.29, 1.82) is 0 Å². The van der Waals surface area contributed by atoms with E-state index in [9.17, 15) is 0 Å². The molecule has 0 saturated heterocycles.